The van der Waals surface area contributed by atoms with Crippen molar-refractivity contribution in [3.63, 3.8) is 0 Å². The molecule has 0 heterocycles. The standard InChI is InChI=1S/C28H29F3O/c1-6-25(22-12-14-24(15-13-22)32-28(29,30)31)27(26-16-7-19(4)17-20(26)5)23-10-8-21(9-11-23)18(2)3/h7-18H,6H2,1-5H3/b27-25+. The Bertz CT molecular complexity index is 1090. The molecule has 0 aliphatic carbocycles. The average Bonchev–Trinajstić information content (AvgIpc) is 2.72. The molecule has 0 saturated carbocycles. The predicted octanol–water partition coefficient (Wildman–Crippen LogP) is 8.69. The van der Waals surface area contributed by atoms with Crippen molar-refractivity contribution in [2.45, 2.75) is 53.3 Å². The number of allylic oxidation sites excluding steroid dienone is 1. The molecule has 1 nitrogen and oxygen atoms in total. The Morgan fingerprint density at radius 1 is 0.844 bits per heavy atom. The second kappa shape index (κ2) is 9.64. The first kappa shape index (κ1) is 23.6. The van der Waals surface area contributed by atoms with Crippen molar-refractivity contribution >= 4 is 11.1 Å². The average molecular weight is 439 g/mol. The van der Waals surface area contributed by atoms with E-state index in [1.54, 1.807) is 12.1 Å². The van der Waals surface area contributed by atoms with Crippen LogP contribution in [0.4, 0.5) is 13.2 Å². The summed E-state index contributed by atoms with van der Waals surface area (Å²) < 4.78 is 41.8. The maximum atomic E-state index is 12.6. The van der Waals surface area contributed by atoms with Crippen molar-refractivity contribution in [1.29, 1.82) is 0 Å². The topological polar surface area (TPSA) is 9.23 Å². The van der Waals surface area contributed by atoms with E-state index in [0.29, 0.717) is 5.92 Å². The molecule has 0 aromatic heterocycles. The largest absolute Gasteiger partial charge is 0.573 e. The van der Waals surface area contributed by atoms with Crippen LogP contribution in [0.2, 0.25) is 0 Å². The summed E-state index contributed by atoms with van der Waals surface area (Å²) in [7, 11) is 0. The predicted molar refractivity (Wildman–Crippen MR) is 126 cm³/mol. The lowest BCUT2D eigenvalue weighted by atomic mass is 9.85. The Balaban J connectivity index is 2.19. The molecule has 0 spiro atoms. The van der Waals surface area contributed by atoms with Gasteiger partial charge in [0.1, 0.15) is 5.75 Å². The summed E-state index contributed by atoms with van der Waals surface area (Å²) in [5, 5.41) is 0. The lowest BCUT2D eigenvalue weighted by molar-refractivity contribution is -0.274. The molecule has 0 unspecified atom stereocenters. The first-order valence-electron chi connectivity index (χ1n) is 10.9. The van der Waals surface area contributed by atoms with E-state index in [-0.39, 0.29) is 5.75 Å². The van der Waals surface area contributed by atoms with Crippen LogP contribution >= 0.6 is 0 Å². The van der Waals surface area contributed by atoms with Gasteiger partial charge in [0.05, 0.1) is 0 Å². The Hall–Kier alpha value is -3.01. The highest BCUT2D eigenvalue weighted by atomic mass is 19.4. The van der Waals surface area contributed by atoms with Crippen LogP contribution < -0.4 is 4.74 Å². The van der Waals surface area contributed by atoms with E-state index in [4.69, 9.17) is 0 Å². The number of rotatable bonds is 6. The monoisotopic (exact) mass is 438 g/mol. The molecule has 0 radical (unpaired) electrons. The van der Waals surface area contributed by atoms with Crippen molar-refractivity contribution in [3.8, 4) is 5.75 Å². The van der Waals surface area contributed by atoms with E-state index in [9.17, 15) is 13.2 Å². The first-order chi connectivity index (χ1) is 15.1. The van der Waals surface area contributed by atoms with Crippen LogP contribution in [0.5, 0.6) is 5.75 Å². The first-order valence-corrected chi connectivity index (χ1v) is 10.9. The van der Waals surface area contributed by atoms with Gasteiger partial charge in [0.2, 0.25) is 0 Å². The smallest absolute Gasteiger partial charge is 0.406 e. The van der Waals surface area contributed by atoms with Gasteiger partial charge in [-0.2, -0.15) is 0 Å². The third kappa shape index (κ3) is 5.61. The number of hydrogen-bond donors (Lipinski definition) is 0. The van der Waals surface area contributed by atoms with Gasteiger partial charge in [-0.05, 0) is 77.3 Å². The minimum absolute atomic E-state index is 0.217. The fourth-order valence-electron chi connectivity index (χ4n) is 4.00. The Morgan fingerprint density at radius 3 is 1.94 bits per heavy atom. The van der Waals surface area contributed by atoms with E-state index in [0.717, 1.165) is 39.8 Å². The molecule has 3 aromatic carbocycles. The van der Waals surface area contributed by atoms with Crippen LogP contribution in [-0.4, -0.2) is 6.36 Å². The number of aryl methyl sites for hydroxylation is 2. The number of alkyl halides is 3. The fourth-order valence-corrected chi connectivity index (χ4v) is 4.00. The Morgan fingerprint density at radius 2 is 1.44 bits per heavy atom. The molecule has 0 N–H and O–H groups in total. The molecular formula is C28H29F3O. The Kier molecular flexibility index (Phi) is 7.12. The second-order valence-corrected chi connectivity index (χ2v) is 8.37. The molecule has 0 aliphatic rings. The molecule has 0 atom stereocenters. The summed E-state index contributed by atoms with van der Waals surface area (Å²) in [5.74, 6) is 0.218. The lowest BCUT2D eigenvalue weighted by Gasteiger charge is -2.19. The van der Waals surface area contributed by atoms with Gasteiger partial charge in [-0.15, -0.1) is 13.2 Å². The highest BCUT2D eigenvalue weighted by Crippen LogP contribution is 2.37. The zero-order chi connectivity index (χ0) is 23.5. The van der Waals surface area contributed by atoms with Gasteiger partial charge >= 0.3 is 6.36 Å². The molecule has 3 rings (SSSR count). The van der Waals surface area contributed by atoms with Crippen LogP contribution in [0, 0.1) is 13.8 Å². The normalized spacial score (nSPS) is 12.7. The highest BCUT2D eigenvalue weighted by Gasteiger charge is 2.31. The summed E-state index contributed by atoms with van der Waals surface area (Å²) in [6.45, 7) is 10.6. The summed E-state index contributed by atoms with van der Waals surface area (Å²) in [4.78, 5) is 0. The van der Waals surface area contributed by atoms with Crippen molar-refractivity contribution < 1.29 is 17.9 Å². The molecule has 168 valence electrons. The lowest BCUT2D eigenvalue weighted by Crippen LogP contribution is -2.17. The molecule has 0 aliphatic heterocycles. The summed E-state index contributed by atoms with van der Waals surface area (Å²) in [5.41, 5.74) is 8.89. The van der Waals surface area contributed by atoms with Crippen LogP contribution in [0.15, 0.2) is 66.7 Å². The summed E-state index contributed by atoms with van der Waals surface area (Å²) >= 11 is 0. The SMILES string of the molecule is CC/C(=C(/c1ccc(C(C)C)cc1)c1ccc(C)cc1C)c1ccc(OC(F)(F)F)cc1. The quantitative estimate of drug-likeness (QED) is 0.350. The molecule has 3 aromatic rings. The van der Waals surface area contributed by atoms with Crippen LogP contribution in [0.25, 0.3) is 11.1 Å². The molecular weight excluding hydrogens is 409 g/mol. The zero-order valence-corrected chi connectivity index (χ0v) is 19.2. The van der Waals surface area contributed by atoms with Crippen molar-refractivity contribution in [1.82, 2.24) is 0 Å². The minimum atomic E-state index is -4.70. The third-order valence-electron chi connectivity index (χ3n) is 5.61. The number of halogens is 3. The number of ether oxygens (including phenoxy) is 1. The molecule has 0 fully saturated rings. The third-order valence-corrected chi connectivity index (χ3v) is 5.61. The van der Waals surface area contributed by atoms with Crippen LogP contribution in [0.3, 0.4) is 0 Å². The fraction of sp³-hybridized carbons (Fsp3) is 0.286. The maximum Gasteiger partial charge on any atom is 0.573 e. The van der Waals surface area contributed by atoms with Gasteiger partial charge in [-0.25, -0.2) is 0 Å². The van der Waals surface area contributed by atoms with E-state index >= 15 is 0 Å². The van der Waals surface area contributed by atoms with Gasteiger partial charge < -0.3 is 4.74 Å². The van der Waals surface area contributed by atoms with E-state index in [1.807, 2.05) is 0 Å². The number of hydrogen-bond acceptors (Lipinski definition) is 1. The van der Waals surface area contributed by atoms with E-state index in [1.165, 1.54) is 23.3 Å². The molecule has 32 heavy (non-hydrogen) atoms. The second-order valence-electron chi connectivity index (χ2n) is 8.37. The van der Waals surface area contributed by atoms with Crippen molar-refractivity contribution in [2.75, 3.05) is 0 Å². The van der Waals surface area contributed by atoms with Gasteiger partial charge in [0, 0.05) is 0 Å². The number of benzene rings is 3. The van der Waals surface area contributed by atoms with Gasteiger partial charge in [0.25, 0.3) is 0 Å². The summed E-state index contributed by atoms with van der Waals surface area (Å²) in [6, 6.07) is 21.1. The van der Waals surface area contributed by atoms with Crippen molar-refractivity contribution in [3.05, 3.63) is 100 Å². The van der Waals surface area contributed by atoms with E-state index < -0.39 is 6.36 Å². The Labute approximate surface area is 188 Å². The van der Waals surface area contributed by atoms with Gasteiger partial charge in [-0.1, -0.05) is 80.9 Å². The van der Waals surface area contributed by atoms with Gasteiger partial charge in [0.15, 0.2) is 0 Å². The minimum Gasteiger partial charge on any atom is -0.406 e. The summed E-state index contributed by atoms with van der Waals surface area (Å²) in [6.07, 6.45) is -3.97. The molecule has 0 saturated heterocycles. The molecule has 4 heteroatoms. The van der Waals surface area contributed by atoms with E-state index in [2.05, 4.69) is 81.8 Å². The zero-order valence-electron chi connectivity index (χ0n) is 19.2. The van der Waals surface area contributed by atoms with Crippen LogP contribution in [0.1, 0.15) is 66.5 Å². The molecule has 0 bridgehead atoms. The van der Waals surface area contributed by atoms with Crippen LogP contribution in [-0.2, 0) is 0 Å². The van der Waals surface area contributed by atoms with Crippen molar-refractivity contribution in [2.24, 2.45) is 0 Å². The van der Waals surface area contributed by atoms with Gasteiger partial charge in [-0.3, -0.25) is 0 Å². The maximum absolute atomic E-state index is 12.6. The highest BCUT2D eigenvalue weighted by molar-refractivity contribution is 5.99. The molecule has 0 amide bonds.